The Kier molecular flexibility index (Phi) is 12.6. The van der Waals surface area contributed by atoms with Crippen molar-refractivity contribution in [2.75, 3.05) is 51.8 Å². The first-order valence-electron chi connectivity index (χ1n) is 10.6. The summed E-state index contributed by atoms with van der Waals surface area (Å²) in [5.41, 5.74) is 2.44. The summed E-state index contributed by atoms with van der Waals surface area (Å²) in [6.45, 7) is 13.1. The standard InChI is InChI=1S/C22H39N5O.HI/c1-5-23-21(26-18-22(2,3)27-14-7-6-8-15-27)25-17-19-9-11-20(12-10-19)24-13-16-28-4;/h9-12,24H,5-8,13-18H2,1-4H3,(H2,23,25,26);1H. The Hall–Kier alpha value is -1.06. The van der Waals surface area contributed by atoms with Crippen LogP contribution in [0.2, 0.25) is 0 Å². The Morgan fingerprint density at radius 3 is 2.41 bits per heavy atom. The summed E-state index contributed by atoms with van der Waals surface area (Å²) in [4.78, 5) is 7.37. The molecule has 1 aromatic rings. The number of aliphatic imine (C=N–C) groups is 1. The minimum Gasteiger partial charge on any atom is -0.383 e. The molecule has 1 aliphatic rings. The van der Waals surface area contributed by atoms with Gasteiger partial charge in [-0.3, -0.25) is 4.90 Å². The van der Waals surface area contributed by atoms with Crippen LogP contribution in [0.3, 0.4) is 0 Å². The number of ether oxygens (including phenoxy) is 1. The number of hydrogen-bond acceptors (Lipinski definition) is 4. The lowest BCUT2D eigenvalue weighted by Crippen LogP contribution is -2.54. The smallest absolute Gasteiger partial charge is 0.191 e. The van der Waals surface area contributed by atoms with Gasteiger partial charge in [0.15, 0.2) is 5.96 Å². The predicted octanol–water partition coefficient (Wildman–Crippen LogP) is 3.68. The van der Waals surface area contributed by atoms with Gasteiger partial charge in [-0.05, 0) is 64.4 Å². The third-order valence-corrected chi connectivity index (χ3v) is 5.25. The Balaban J connectivity index is 0.00000420. The van der Waals surface area contributed by atoms with Crippen LogP contribution in [0.4, 0.5) is 5.69 Å². The van der Waals surface area contributed by atoms with E-state index in [4.69, 9.17) is 9.73 Å². The number of rotatable bonds is 10. The summed E-state index contributed by atoms with van der Waals surface area (Å²) in [6.07, 6.45) is 3.99. The molecule has 1 aliphatic heterocycles. The van der Waals surface area contributed by atoms with Crippen molar-refractivity contribution >= 4 is 35.6 Å². The first kappa shape index (κ1) is 26.0. The van der Waals surface area contributed by atoms with E-state index < -0.39 is 0 Å². The summed E-state index contributed by atoms with van der Waals surface area (Å²) < 4.78 is 5.06. The van der Waals surface area contributed by atoms with Crippen LogP contribution in [-0.4, -0.2) is 62.8 Å². The Morgan fingerprint density at radius 2 is 1.79 bits per heavy atom. The summed E-state index contributed by atoms with van der Waals surface area (Å²) in [5, 5.41) is 10.2. The van der Waals surface area contributed by atoms with Crippen LogP contribution < -0.4 is 16.0 Å². The molecule has 0 aromatic heterocycles. The van der Waals surface area contributed by atoms with Gasteiger partial charge < -0.3 is 20.7 Å². The van der Waals surface area contributed by atoms with E-state index in [0.29, 0.717) is 13.2 Å². The molecular formula is C22H40IN5O. The summed E-state index contributed by atoms with van der Waals surface area (Å²) in [6, 6.07) is 8.44. The molecule has 1 aromatic carbocycles. The fraction of sp³-hybridized carbons (Fsp3) is 0.682. The molecular weight excluding hydrogens is 477 g/mol. The molecule has 29 heavy (non-hydrogen) atoms. The van der Waals surface area contributed by atoms with E-state index in [1.54, 1.807) is 7.11 Å². The zero-order valence-electron chi connectivity index (χ0n) is 18.6. The SMILES string of the molecule is CCNC(=NCc1ccc(NCCOC)cc1)NCC(C)(C)N1CCCCC1.I. The number of piperidine rings is 1. The molecule has 1 heterocycles. The van der Waals surface area contributed by atoms with Crippen molar-refractivity contribution in [1.82, 2.24) is 15.5 Å². The fourth-order valence-electron chi connectivity index (χ4n) is 3.45. The lowest BCUT2D eigenvalue weighted by Gasteiger charge is -2.41. The molecule has 0 spiro atoms. The second-order valence-corrected chi connectivity index (χ2v) is 8.03. The minimum atomic E-state index is 0. The molecule has 166 valence electrons. The van der Waals surface area contributed by atoms with Crippen LogP contribution in [0, 0.1) is 0 Å². The molecule has 0 unspecified atom stereocenters. The number of nitrogens with zero attached hydrogens (tertiary/aromatic N) is 2. The van der Waals surface area contributed by atoms with Gasteiger partial charge in [-0.25, -0.2) is 4.99 Å². The van der Waals surface area contributed by atoms with Crippen molar-refractivity contribution in [2.45, 2.75) is 52.1 Å². The van der Waals surface area contributed by atoms with Crippen molar-refractivity contribution in [2.24, 2.45) is 4.99 Å². The number of hydrogen-bond donors (Lipinski definition) is 3. The highest BCUT2D eigenvalue weighted by molar-refractivity contribution is 14.0. The summed E-state index contributed by atoms with van der Waals surface area (Å²) >= 11 is 0. The van der Waals surface area contributed by atoms with Gasteiger partial charge in [0.05, 0.1) is 13.2 Å². The molecule has 1 fully saturated rings. The number of guanidine groups is 1. The van der Waals surface area contributed by atoms with Gasteiger partial charge in [-0.15, -0.1) is 24.0 Å². The second kappa shape index (κ2) is 14.0. The van der Waals surface area contributed by atoms with Gasteiger partial charge in [0.1, 0.15) is 0 Å². The molecule has 0 amide bonds. The second-order valence-electron chi connectivity index (χ2n) is 8.03. The first-order valence-corrected chi connectivity index (χ1v) is 10.6. The average molecular weight is 518 g/mol. The van der Waals surface area contributed by atoms with Crippen LogP contribution in [-0.2, 0) is 11.3 Å². The van der Waals surface area contributed by atoms with Gasteiger partial charge in [0.2, 0.25) is 0 Å². The van der Waals surface area contributed by atoms with Crippen molar-refractivity contribution in [1.29, 1.82) is 0 Å². The van der Waals surface area contributed by atoms with E-state index in [9.17, 15) is 0 Å². The molecule has 0 saturated carbocycles. The highest BCUT2D eigenvalue weighted by Crippen LogP contribution is 2.19. The van der Waals surface area contributed by atoms with Crippen molar-refractivity contribution in [3.8, 4) is 0 Å². The molecule has 1 saturated heterocycles. The minimum absolute atomic E-state index is 0. The Bertz CT molecular complexity index is 585. The quantitative estimate of drug-likeness (QED) is 0.191. The molecule has 3 N–H and O–H groups in total. The maximum Gasteiger partial charge on any atom is 0.191 e. The maximum atomic E-state index is 5.06. The van der Waals surface area contributed by atoms with Crippen molar-refractivity contribution < 1.29 is 4.74 Å². The number of anilines is 1. The number of likely N-dealkylation sites (tertiary alicyclic amines) is 1. The predicted molar refractivity (Wildman–Crippen MR) is 135 cm³/mol. The van der Waals surface area contributed by atoms with Crippen molar-refractivity contribution in [3.05, 3.63) is 29.8 Å². The Labute approximate surface area is 194 Å². The van der Waals surface area contributed by atoms with Crippen molar-refractivity contribution in [3.63, 3.8) is 0 Å². The monoisotopic (exact) mass is 517 g/mol. The van der Waals surface area contributed by atoms with Crippen LogP contribution in [0.25, 0.3) is 0 Å². The lowest BCUT2D eigenvalue weighted by atomic mass is 9.98. The molecule has 0 bridgehead atoms. The molecule has 2 rings (SSSR count). The van der Waals surface area contributed by atoms with Crippen LogP contribution in [0.1, 0.15) is 45.6 Å². The number of methoxy groups -OCH3 is 1. The highest BCUT2D eigenvalue weighted by atomic mass is 127. The Morgan fingerprint density at radius 1 is 1.10 bits per heavy atom. The number of halogens is 1. The molecule has 0 atom stereocenters. The average Bonchev–Trinajstić information content (AvgIpc) is 2.72. The third-order valence-electron chi connectivity index (χ3n) is 5.25. The maximum absolute atomic E-state index is 5.06. The first-order chi connectivity index (χ1) is 13.5. The number of nitrogens with one attached hydrogen (secondary N) is 3. The molecule has 7 heteroatoms. The van der Waals surface area contributed by atoms with Crippen LogP contribution in [0.5, 0.6) is 0 Å². The van der Waals surface area contributed by atoms with Gasteiger partial charge in [-0.2, -0.15) is 0 Å². The topological polar surface area (TPSA) is 60.9 Å². The van der Waals surface area contributed by atoms with Crippen LogP contribution >= 0.6 is 24.0 Å². The van der Waals surface area contributed by atoms with Gasteiger partial charge >= 0.3 is 0 Å². The van der Waals surface area contributed by atoms with Gasteiger partial charge in [0.25, 0.3) is 0 Å². The third kappa shape index (κ3) is 9.53. The normalized spacial score (nSPS) is 15.5. The highest BCUT2D eigenvalue weighted by Gasteiger charge is 2.27. The fourth-order valence-corrected chi connectivity index (χ4v) is 3.45. The van der Waals surface area contributed by atoms with E-state index in [1.807, 2.05) is 0 Å². The van der Waals surface area contributed by atoms with E-state index in [0.717, 1.165) is 31.3 Å². The largest absolute Gasteiger partial charge is 0.383 e. The van der Waals surface area contributed by atoms with Gasteiger partial charge in [-0.1, -0.05) is 18.6 Å². The van der Waals surface area contributed by atoms with E-state index >= 15 is 0 Å². The zero-order valence-corrected chi connectivity index (χ0v) is 20.9. The molecule has 0 aliphatic carbocycles. The zero-order chi connectivity index (χ0) is 20.2. The number of benzene rings is 1. The molecule has 6 nitrogen and oxygen atoms in total. The van der Waals surface area contributed by atoms with E-state index in [1.165, 1.54) is 37.9 Å². The lowest BCUT2D eigenvalue weighted by molar-refractivity contribution is 0.0982. The van der Waals surface area contributed by atoms with Crippen LogP contribution in [0.15, 0.2) is 29.3 Å². The van der Waals surface area contributed by atoms with Gasteiger partial charge in [0, 0.05) is 38.0 Å². The van der Waals surface area contributed by atoms with E-state index in [-0.39, 0.29) is 29.5 Å². The van der Waals surface area contributed by atoms with E-state index in [2.05, 4.69) is 65.9 Å². The summed E-state index contributed by atoms with van der Waals surface area (Å²) in [7, 11) is 1.71. The molecule has 0 radical (unpaired) electrons. The summed E-state index contributed by atoms with van der Waals surface area (Å²) in [5.74, 6) is 0.884.